The highest BCUT2D eigenvalue weighted by atomic mass is 32.1. The van der Waals surface area contributed by atoms with Gasteiger partial charge in [-0.15, -0.1) is 11.3 Å². The van der Waals surface area contributed by atoms with Crippen molar-refractivity contribution >= 4 is 28.3 Å². The minimum atomic E-state index is -0.197. The van der Waals surface area contributed by atoms with Crippen LogP contribution in [0.4, 0.5) is 5.13 Å². The third-order valence-electron chi connectivity index (χ3n) is 3.30. The van der Waals surface area contributed by atoms with Gasteiger partial charge in [0.1, 0.15) is 5.69 Å². The van der Waals surface area contributed by atoms with Crippen LogP contribution < -0.4 is 5.32 Å². The summed E-state index contributed by atoms with van der Waals surface area (Å²) < 4.78 is 0. The van der Waals surface area contributed by atoms with Crippen LogP contribution >= 0.6 is 11.3 Å². The summed E-state index contributed by atoms with van der Waals surface area (Å²) in [5.41, 5.74) is 0.374. The number of carbonyl (C=O) groups excluding carboxylic acids is 2. The van der Waals surface area contributed by atoms with Gasteiger partial charge in [-0.2, -0.15) is 0 Å². The number of amides is 2. The molecule has 2 heterocycles. The van der Waals surface area contributed by atoms with Crippen LogP contribution in [0.1, 0.15) is 23.8 Å². The molecule has 8 heteroatoms. The largest absolute Gasteiger partial charge is 0.395 e. The number of aliphatic hydroxyl groups excluding tert-OH is 1. The average molecular weight is 312 g/mol. The molecule has 1 aliphatic rings. The van der Waals surface area contributed by atoms with Crippen LogP contribution in [0.5, 0.6) is 0 Å². The van der Waals surface area contributed by atoms with Crippen molar-refractivity contribution in [2.45, 2.75) is 13.3 Å². The molecular formula is C13H20N4O3S. The summed E-state index contributed by atoms with van der Waals surface area (Å²) in [5, 5.41) is 13.7. The van der Waals surface area contributed by atoms with Crippen LogP contribution in [0.25, 0.3) is 0 Å². The highest BCUT2D eigenvalue weighted by Gasteiger charge is 2.22. The van der Waals surface area contributed by atoms with Crippen molar-refractivity contribution in [3.63, 3.8) is 0 Å². The summed E-state index contributed by atoms with van der Waals surface area (Å²) in [6.45, 7) is 5.16. The normalized spacial score (nSPS) is 16.6. The number of nitrogens with one attached hydrogen (secondary N) is 1. The monoisotopic (exact) mass is 312 g/mol. The number of carbonyl (C=O) groups is 2. The number of aromatic nitrogens is 1. The maximum atomic E-state index is 12.4. The fraction of sp³-hybridized carbons (Fsp3) is 0.615. The third-order valence-corrected chi connectivity index (χ3v) is 4.06. The first-order valence-electron chi connectivity index (χ1n) is 6.95. The van der Waals surface area contributed by atoms with Crippen molar-refractivity contribution in [3.8, 4) is 0 Å². The molecule has 1 fully saturated rings. The molecule has 2 rings (SSSR count). The van der Waals surface area contributed by atoms with E-state index in [9.17, 15) is 9.59 Å². The molecule has 0 radical (unpaired) electrons. The molecule has 0 aromatic carbocycles. The van der Waals surface area contributed by atoms with E-state index in [1.54, 1.807) is 10.3 Å². The van der Waals surface area contributed by atoms with Gasteiger partial charge in [0.05, 0.1) is 6.61 Å². The second-order valence-corrected chi connectivity index (χ2v) is 5.79. The maximum Gasteiger partial charge on any atom is 0.273 e. The number of anilines is 1. The first-order chi connectivity index (χ1) is 10.1. The molecule has 0 spiro atoms. The molecule has 0 aliphatic carbocycles. The number of β-amino-alcohol motifs (C(OH)–C–C–N with tert-alkyl or cyclic N) is 1. The Morgan fingerprint density at radius 2 is 2.19 bits per heavy atom. The van der Waals surface area contributed by atoms with E-state index in [0.29, 0.717) is 30.5 Å². The van der Waals surface area contributed by atoms with Crippen LogP contribution in [0.3, 0.4) is 0 Å². The van der Waals surface area contributed by atoms with Crippen LogP contribution in [0.2, 0.25) is 0 Å². The van der Waals surface area contributed by atoms with Crippen molar-refractivity contribution in [1.29, 1.82) is 0 Å². The number of aliphatic hydroxyl groups is 1. The Balaban J connectivity index is 1.96. The molecule has 1 saturated heterocycles. The van der Waals surface area contributed by atoms with Crippen LogP contribution in [0, 0.1) is 0 Å². The molecule has 0 atom stereocenters. The van der Waals surface area contributed by atoms with Crippen LogP contribution in [-0.2, 0) is 4.79 Å². The lowest BCUT2D eigenvalue weighted by Crippen LogP contribution is -2.36. The third kappa shape index (κ3) is 4.48. The van der Waals surface area contributed by atoms with E-state index in [4.69, 9.17) is 5.11 Å². The molecule has 21 heavy (non-hydrogen) atoms. The summed E-state index contributed by atoms with van der Waals surface area (Å²) in [6, 6.07) is 0. The number of nitrogens with zero attached hydrogens (tertiary/aromatic N) is 3. The van der Waals surface area contributed by atoms with Gasteiger partial charge < -0.3 is 15.3 Å². The Kier molecular flexibility index (Phi) is 5.66. The highest BCUT2D eigenvalue weighted by Crippen LogP contribution is 2.17. The second-order valence-electron chi connectivity index (χ2n) is 4.93. The molecule has 1 aromatic rings. The molecule has 0 saturated carbocycles. The summed E-state index contributed by atoms with van der Waals surface area (Å²) in [7, 11) is 0. The Bertz CT molecular complexity index is 505. The highest BCUT2D eigenvalue weighted by molar-refractivity contribution is 7.14. The number of hydrogen-bond acceptors (Lipinski definition) is 6. The topological polar surface area (TPSA) is 85.8 Å². The molecule has 2 amide bonds. The van der Waals surface area contributed by atoms with Gasteiger partial charge in [-0.3, -0.25) is 14.5 Å². The molecule has 1 aliphatic heterocycles. The van der Waals surface area contributed by atoms with Crippen LogP contribution in [0.15, 0.2) is 5.38 Å². The number of hydrogen-bond donors (Lipinski definition) is 2. The zero-order valence-corrected chi connectivity index (χ0v) is 12.9. The minimum Gasteiger partial charge on any atom is -0.395 e. The molecule has 2 N–H and O–H groups in total. The van der Waals surface area contributed by atoms with E-state index >= 15 is 0 Å². The number of thiazole rings is 1. The van der Waals surface area contributed by atoms with Crippen LogP contribution in [-0.4, -0.2) is 71.0 Å². The van der Waals surface area contributed by atoms with Gasteiger partial charge in [-0.25, -0.2) is 4.98 Å². The van der Waals surface area contributed by atoms with Gasteiger partial charge in [-0.05, 0) is 13.0 Å². The van der Waals surface area contributed by atoms with E-state index in [1.807, 2.05) is 0 Å². The van der Waals surface area contributed by atoms with E-state index in [2.05, 4.69) is 15.2 Å². The lowest BCUT2D eigenvalue weighted by atomic mass is 10.3. The average Bonchev–Trinajstić information content (AvgIpc) is 2.76. The van der Waals surface area contributed by atoms with Crippen molar-refractivity contribution in [1.82, 2.24) is 14.8 Å². The van der Waals surface area contributed by atoms with Crippen molar-refractivity contribution < 1.29 is 14.7 Å². The summed E-state index contributed by atoms with van der Waals surface area (Å²) in [6.07, 6.45) is 0.883. The molecule has 1 aromatic heterocycles. The first kappa shape index (κ1) is 15.9. The fourth-order valence-electron chi connectivity index (χ4n) is 2.28. The van der Waals surface area contributed by atoms with Gasteiger partial charge in [0, 0.05) is 38.5 Å². The zero-order chi connectivity index (χ0) is 15.2. The quantitative estimate of drug-likeness (QED) is 0.832. The van der Waals surface area contributed by atoms with Gasteiger partial charge in [0.2, 0.25) is 5.91 Å². The maximum absolute atomic E-state index is 12.4. The molecule has 7 nitrogen and oxygen atoms in total. The zero-order valence-electron chi connectivity index (χ0n) is 12.0. The smallest absolute Gasteiger partial charge is 0.273 e. The Morgan fingerprint density at radius 3 is 2.90 bits per heavy atom. The number of rotatable bonds is 4. The first-order valence-corrected chi connectivity index (χ1v) is 7.83. The second kappa shape index (κ2) is 7.48. The van der Waals surface area contributed by atoms with Gasteiger partial charge in [0.15, 0.2) is 5.13 Å². The predicted molar refractivity (Wildman–Crippen MR) is 80.5 cm³/mol. The van der Waals surface area contributed by atoms with Gasteiger partial charge >= 0.3 is 0 Å². The lowest BCUT2D eigenvalue weighted by Gasteiger charge is -2.20. The fourth-order valence-corrected chi connectivity index (χ4v) is 3.01. The van der Waals surface area contributed by atoms with Crippen molar-refractivity contribution in [2.75, 3.05) is 44.6 Å². The standard InChI is InChI=1S/C13H20N4O3S/c1-10(19)14-13-15-11(9-21-13)12(20)17-4-2-3-16(5-6-17)7-8-18/h9,18H,2-8H2,1H3,(H,14,15,19). The Hall–Kier alpha value is -1.51. The van der Waals surface area contributed by atoms with Crippen molar-refractivity contribution in [3.05, 3.63) is 11.1 Å². The van der Waals surface area contributed by atoms with E-state index < -0.39 is 0 Å². The molecule has 116 valence electrons. The predicted octanol–water partition coefficient (Wildman–Crippen LogP) is 0.242. The Morgan fingerprint density at radius 1 is 1.38 bits per heavy atom. The molecular weight excluding hydrogens is 292 g/mol. The minimum absolute atomic E-state index is 0.103. The van der Waals surface area contributed by atoms with Crippen molar-refractivity contribution in [2.24, 2.45) is 0 Å². The van der Waals surface area contributed by atoms with Gasteiger partial charge in [0.25, 0.3) is 5.91 Å². The SMILES string of the molecule is CC(=O)Nc1nc(C(=O)N2CCCN(CCO)CC2)cs1. The summed E-state index contributed by atoms with van der Waals surface area (Å²) in [4.78, 5) is 31.5. The molecule has 0 unspecified atom stereocenters. The molecule has 0 bridgehead atoms. The van der Waals surface area contributed by atoms with Gasteiger partial charge in [-0.1, -0.05) is 0 Å². The van der Waals surface area contributed by atoms with E-state index in [0.717, 1.165) is 19.5 Å². The summed E-state index contributed by atoms with van der Waals surface area (Å²) in [5.74, 6) is -0.300. The Labute approximate surface area is 127 Å². The van der Waals surface area contributed by atoms with E-state index in [1.165, 1.54) is 18.3 Å². The van der Waals surface area contributed by atoms with E-state index in [-0.39, 0.29) is 18.4 Å². The summed E-state index contributed by atoms with van der Waals surface area (Å²) >= 11 is 1.25. The lowest BCUT2D eigenvalue weighted by molar-refractivity contribution is -0.114.